The fourth-order valence-electron chi connectivity index (χ4n) is 2.76. The highest BCUT2D eigenvalue weighted by Gasteiger charge is 2.23. The summed E-state index contributed by atoms with van der Waals surface area (Å²) < 4.78 is 5.79. The number of phenols is 1. The van der Waals surface area contributed by atoms with Crippen LogP contribution >= 0.6 is 0 Å². The maximum Gasteiger partial charge on any atom is 0.119 e. The van der Waals surface area contributed by atoms with Gasteiger partial charge in [-0.3, -0.25) is 0 Å². The number of aromatic hydroxyl groups is 1. The monoisotopic (exact) mass is 248 g/mol. The highest BCUT2D eigenvalue weighted by Crippen LogP contribution is 2.33. The minimum Gasteiger partial charge on any atom is -0.508 e. The van der Waals surface area contributed by atoms with Crippen LogP contribution < -0.4 is 4.74 Å². The Kier molecular flexibility index (Phi) is 4.51. The molecule has 1 aliphatic carbocycles. The molecule has 1 aromatic rings. The molecule has 2 heteroatoms. The molecular formula is C16H24O2. The highest BCUT2D eigenvalue weighted by atomic mass is 16.5. The zero-order valence-corrected chi connectivity index (χ0v) is 11.4. The molecule has 1 atom stereocenters. The Labute approximate surface area is 110 Å². The molecule has 1 N–H and O–H groups in total. The Hall–Kier alpha value is -1.18. The summed E-state index contributed by atoms with van der Waals surface area (Å²) in [5.74, 6) is 3.48. The van der Waals surface area contributed by atoms with Crippen LogP contribution in [0.5, 0.6) is 11.5 Å². The minimum absolute atomic E-state index is 0.289. The predicted molar refractivity (Wildman–Crippen MR) is 73.9 cm³/mol. The normalized spacial score (nSPS) is 25.7. The van der Waals surface area contributed by atoms with E-state index in [9.17, 15) is 5.11 Å². The Morgan fingerprint density at radius 1 is 1.17 bits per heavy atom. The van der Waals surface area contributed by atoms with Crippen LogP contribution in [-0.4, -0.2) is 11.7 Å². The van der Waals surface area contributed by atoms with Crippen LogP contribution in [0.1, 0.15) is 39.5 Å². The SMILES string of the molecule is CC1CCC(C(C)COc2ccc(O)cc2)CC1. The fourth-order valence-corrected chi connectivity index (χ4v) is 2.76. The molecule has 18 heavy (non-hydrogen) atoms. The number of hydrogen-bond acceptors (Lipinski definition) is 2. The van der Waals surface area contributed by atoms with Gasteiger partial charge in [0.1, 0.15) is 11.5 Å². The molecule has 2 nitrogen and oxygen atoms in total. The second-order valence-corrected chi connectivity index (χ2v) is 5.80. The van der Waals surface area contributed by atoms with Gasteiger partial charge in [0, 0.05) is 0 Å². The summed E-state index contributed by atoms with van der Waals surface area (Å²) >= 11 is 0. The first-order chi connectivity index (χ1) is 8.65. The van der Waals surface area contributed by atoms with Crippen LogP contribution in [-0.2, 0) is 0 Å². The molecule has 1 aliphatic rings. The number of ether oxygens (including phenoxy) is 1. The van der Waals surface area contributed by atoms with Gasteiger partial charge in [0.2, 0.25) is 0 Å². The summed E-state index contributed by atoms with van der Waals surface area (Å²) in [7, 11) is 0. The van der Waals surface area contributed by atoms with Gasteiger partial charge in [-0.2, -0.15) is 0 Å². The van der Waals surface area contributed by atoms with Crippen molar-refractivity contribution in [1.29, 1.82) is 0 Å². The van der Waals surface area contributed by atoms with Crippen LogP contribution in [0.4, 0.5) is 0 Å². The molecule has 0 amide bonds. The molecule has 0 aliphatic heterocycles. The van der Waals surface area contributed by atoms with E-state index in [4.69, 9.17) is 4.74 Å². The van der Waals surface area contributed by atoms with E-state index in [0.29, 0.717) is 5.92 Å². The number of hydrogen-bond donors (Lipinski definition) is 1. The van der Waals surface area contributed by atoms with E-state index in [1.54, 1.807) is 12.1 Å². The predicted octanol–water partition coefficient (Wildman–Crippen LogP) is 4.23. The van der Waals surface area contributed by atoms with E-state index in [-0.39, 0.29) is 5.75 Å². The Bertz CT molecular complexity index is 350. The third kappa shape index (κ3) is 3.66. The second-order valence-electron chi connectivity index (χ2n) is 5.80. The van der Waals surface area contributed by atoms with Crippen molar-refractivity contribution in [3.05, 3.63) is 24.3 Å². The van der Waals surface area contributed by atoms with Gasteiger partial charge in [-0.25, -0.2) is 0 Å². The quantitative estimate of drug-likeness (QED) is 0.864. The van der Waals surface area contributed by atoms with Gasteiger partial charge in [-0.05, 0) is 54.9 Å². The average molecular weight is 248 g/mol. The Morgan fingerprint density at radius 2 is 1.78 bits per heavy atom. The number of phenolic OH excluding ortho intramolecular Hbond substituents is 1. The van der Waals surface area contributed by atoms with Crippen molar-refractivity contribution in [2.24, 2.45) is 17.8 Å². The summed E-state index contributed by atoms with van der Waals surface area (Å²) in [4.78, 5) is 0. The summed E-state index contributed by atoms with van der Waals surface area (Å²) in [6.45, 7) is 5.43. The zero-order valence-electron chi connectivity index (χ0n) is 11.4. The van der Waals surface area contributed by atoms with E-state index in [2.05, 4.69) is 13.8 Å². The molecule has 0 saturated heterocycles. The van der Waals surface area contributed by atoms with Gasteiger partial charge in [-0.15, -0.1) is 0 Å². The zero-order chi connectivity index (χ0) is 13.0. The third-order valence-electron chi connectivity index (χ3n) is 4.21. The summed E-state index contributed by atoms with van der Waals surface area (Å²) in [5.41, 5.74) is 0. The van der Waals surface area contributed by atoms with Crippen LogP contribution in [0.15, 0.2) is 24.3 Å². The van der Waals surface area contributed by atoms with Crippen molar-refractivity contribution >= 4 is 0 Å². The smallest absolute Gasteiger partial charge is 0.119 e. The first-order valence-corrected chi connectivity index (χ1v) is 7.07. The van der Waals surface area contributed by atoms with Crippen LogP contribution in [0, 0.1) is 17.8 Å². The van der Waals surface area contributed by atoms with Crippen molar-refractivity contribution in [2.75, 3.05) is 6.61 Å². The maximum absolute atomic E-state index is 9.21. The summed E-state index contributed by atoms with van der Waals surface area (Å²) in [6.07, 6.45) is 5.44. The van der Waals surface area contributed by atoms with E-state index >= 15 is 0 Å². The van der Waals surface area contributed by atoms with Gasteiger partial charge >= 0.3 is 0 Å². The lowest BCUT2D eigenvalue weighted by molar-refractivity contribution is 0.159. The molecule has 2 rings (SSSR count). The highest BCUT2D eigenvalue weighted by molar-refractivity contribution is 5.30. The van der Waals surface area contributed by atoms with E-state index in [1.807, 2.05) is 12.1 Å². The third-order valence-corrected chi connectivity index (χ3v) is 4.21. The van der Waals surface area contributed by atoms with Crippen molar-refractivity contribution in [2.45, 2.75) is 39.5 Å². The molecule has 0 bridgehead atoms. The molecule has 0 spiro atoms. The maximum atomic E-state index is 9.21. The second kappa shape index (κ2) is 6.12. The van der Waals surface area contributed by atoms with Crippen LogP contribution in [0.3, 0.4) is 0 Å². The topological polar surface area (TPSA) is 29.5 Å². The molecule has 1 unspecified atom stereocenters. The van der Waals surface area contributed by atoms with Gasteiger partial charge in [0.25, 0.3) is 0 Å². The van der Waals surface area contributed by atoms with E-state index in [0.717, 1.165) is 24.2 Å². The summed E-state index contributed by atoms with van der Waals surface area (Å²) in [5, 5.41) is 9.21. The molecular weight excluding hydrogens is 224 g/mol. The standard InChI is InChI=1S/C16H24O2/c1-12-3-5-14(6-4-12)13(2)11-18-16-9-7-15(17)8-10-16/h7-10,12-14,17H,3-6,11H2,1-2H3. The molecule has 0 heterocycles. The Balaban J connectivity index is 1.77. The van der Waals surface area contributed by atoms with E-state index in [1.165, 1.54) is 25.7 Å². The molecule has 1 fully saturated rings. The first-order valence-electron chi connectivity index (χ1n) is 7.07. The minimum atomic E-state index is 0.289. The van der Waals surface area contributed by atoms with Crippen molar-refractivity contribution in [3.63, 3.8) is 0 Å². The lowest BCUT2D eigenvalue weighted by Crippen LogP contribution is -2.23. The molecule has 1 aromatic carbocycles. The lowest BCUT2D eigenvalue weighted by Gasteiger charge is -2.30. The molecule has 0 radical (unpaired) electrons. The van der Waals surface area contributed by atoms with Gasteiger partial charge in [0.05, 0.1) is 6.61 Å². The summed E-state index contributed by atoms with van der Waals surface area (Å²) in [6, 6.07) is 6.99. The van der Waals surface area contributed by atoms with Crippen molar-refractivity contribution in [3.8, 4) is 11.5 Å². The molecule has 100 valence electrons. The molecule has 0 aromatic heterocycles. The fraction of sp³-hybridized carbons (Fsp3) is 0.625. The molecule has 1 saturated carbocycles. The van der Waals surface area contributed by atoms with Gasteiger partial charge in [-0.1, -0.05) is 26.7 Å². The number of rotatable bonds is 4. The Morgan fingerprint density at radius 3 is 2.39 bits per heavy atom. The van der Waals surface area contributed by atoms with E-state index < -0.39 is 0 Å². The lowest BCUT2D eigenvalue weighted by atomic mass is 9.77. The van der Waals surface area contributed by atoms with Gasteiger partial charge in [0.15, 0.2) is 0 Å². The largest absolute Gasteiger partial charge is 0.508 e. The van der Waals surface area contributed by atoms with Crippen molar-refractivity contribution < 1.29 is 9.84 Å². The van der Waals surface area contributed by atoms with Gasteiger partial charge < -0.3 is 9.84 Å². The average Bonchev–Trinajstić information content (AvgIpc) is 2.38. The van der Waals surface area contributed by atoms with Crippen LogP contribution in [0.25, 0.3) is 0 Å². The number of benzene rings is 1. The van der Waals surface area contributed by atoms with Crippen LogP contribution in [0.2, 0.25) is 0 Å². The first kappa shape index (κ1) is 13.3. The van der Waals surface area contributed by atoms with Crippen molar-refractivity contribution in [1.82, 2.24) is 0 Å².